The number of nitrogens with one attached hydrogen (secondary N) is 1. The van der Waals surface area contributed by atoms with E-state index in [9.17, 15) is 0 Å². The molecule has 1 heterocycles. The van der Waals surface area contributed by atoms with E-state index < -0.39 is 0 Å². The maximum Gasteiger partial charge on any atom is 0.0794 e. The highest BCUT2D eigenvalue weighted by molar-refractivity contribution is 7.09. The Kier molecular flexibility index (Phi) is 5.88. The quantitative estimate of drug-likeness (QED) is 0.770. The van der Waals surface area contributed by atoms with Crippen LogP contribution in [0.5, 0.6) is 0 Å². The third-order valence-electron chi connectivity index (χ3n) is 2.53. The molecule has 3 heteroatoms. The van der Waals surface area contributed by atoms with Crippen molar-refractivity contribution in [3.05, 3.63) is 16.6 Å². The molecule has 1 N–H and O–H groups in total. The largest absolute Gasteiger partial charge is 0.309 e. The van der Waals surface area contributed by atoms with E-state index in [-0.39, 0.29) is 0 Å². The molecule has 1 aromatic heterocycles. The molecule has 86 valence electrons. The van der Waals surface area contributed by atoms with Crippen molar-refractivity contribution in [3.63, 3.8) is 0 Å². The highest BCUT2D eigenvalue weighted by atomic mass is 32.1. The molecule has 1 rings (SSSR count). The highest BCUT2D eigenvalue weighted by Gasteiger charge is 2.03. The second-order valence-corrected chi connectivity index (χ2v) is 5.55. The van der Waals surface area contributed by atoms with Gasteiger partial charge in [-0.15, -0.1) is 11.3 Å². The summed E-state index contributed by atoms with van der Waals surface area (Å²) in [6.07, 6.45) is 5.89. The maximum atomic E-state index is 4.06. The molecule has 0 unspecified atom stereocenters. The summed E-state index contributed by atoms with van der Waals surface area (Å²) in [7, 11) is 0. The van der Waals surface area contributed by atoms with Gasteiger partial charge in [-0.25, -0.2) is 0 Å². The highest BCUT2D eigenvalue weighted by Crippen LogP contribution is 2.09. The zero-order valence-electron chi connectivity index (χ0n) is 9.99. The normalized spacial score (nSPS) is 13.3. The first-order chi connectivity index (χ1) is 7.18. The van der Waals surface area contributed by atoms with E-state index >= 15 is 0 Å². The van der Waals surface area contributed by atoms with Crippen molar-refractivity contribution in [1.29, 1.82) is 0 Å². The number of thiazole rings is 1. The van der Waals surface area contributed by atoms with Gasteiger partial charge < -0.3 is 5.32 Å². The third-order valence-corrected chi connectivity index (χ3v) is 3.31. The second kappa shape index (κ2) is 6.96. The monoisotopic (exact) mass is 226 g/mol. The third kappa shape index (κ3) is 5.90. The molecule has 1 aromatic rings. The predicted octanol–water partition coefficient (Wildman–Crippen LogP) is 3.45. The van der Waals surface area contributed by atoms with Gasteiger partial charge in [0.05, 0.1) is 5.51 Å². The summed E-state index contributed by atoms with van der Waals surface area (Å²) >= 11 is 1.72. The molecule has 0 aliphatic heterocycles. The smallest absolute Gasteiger partial charge is 0.0794 e. The molecule has 0 aliphatic rings. The van der Waals surface area contributed by atoms with Gasteiger partial charge in [-0.2, -0.15) is 0 Å². The molecule has 0 saturated carbocycles. The molecule has 0 fully saturated rings. The minimum Gasteiger partial charge on any atom is -0.309 e. The van der Waals surface area contributed by atoms with Crippen LogP contribution >= 0.6 is 11.3 Å². The lowest BCUT2D eigenvalue weighted by Gasteiger charge is -2.13. The summed E-state index contributed by atoms with van der Waals surface area (Å²) in [4.78, 5) is 5.39. The van der Waals surface area contributed by atoms with Crippen LogP contribution in [0.3, 0.4) is 0 Å². The first-order valence-electron chi connectivity index (χ1n) is 5.79. The van der Waals surface area contributed by atoms with Gasteiger partial charge in [-0.1, -0.05) is 26.7 Å². The van der Waals surface area contributed by atoms with Crippen molar-refractivity contribution in [2.75, 3.05) is 0 Å². The van der Waals surface area contributed by atoms with Crippen molar-refractivity contribution in [3.8, 4) is 0 Å². The van der Waals surface area contributed by atoms with Crippen LogP contribution in [0.15, 0.2) is 11.7 Å². The lowest BCUT2D eigenvalue weighted by atomic mass is 10.0. The van der Waals surface area contributed by atoms with Gasteiger partial charge in [0.2, 0.25) is 0 Å². The molecule has 15 heavy (non-hydrogen) atoms. The molecule has 0 aliphatic carbocycles. The van der Waals surface area contributed by atoms with Gasteiger partial charge in [0.1, 0.15) is 0 Å². The SMILES string of the molecule is CC(C)CCC[C@@H](C)NCc1cncs1. The van der Waals surface area contributed by atoms with Crippen LogP contribution in [0.1, 0.15) is 44.9 Å². The number of hydrogen-bond donors (Lipinski definition) is 1. The summed E-state index contributed by atoms with van der Waals surface area (Å²) in [6, 6.07) is 0.617. The van der Waals surface area contributed by atoms with Crippen molar-refractivity contribution >= 4 is 11.3 Å². The van der Waals surface area contributed by atoms with Crippen LogP contribution in [-0.4, -0.2) is 11.0 Å². The Morgan fingerprint density at radius 2 is 2.13 bits per heavy atom. The Labute approximate surface area is 97.1 Å². The van der Waals surface area contributed by atoms with E-state index in [1.165, 1.54) is 24.1 Å². The fraction of sp³-hybridized carbons (Fsp3) is 0.750. The molecule has 0 bridgehead atoms. The van der Waals surface area contributed by atoms with E-state index in [1.54, 1.807) is 11.3 Å². The average Bonchev–Trinajstić information content (AvgIpc) is 2.66. The summed E-state index contributed by atoms with van der Waals surface area (Å²) in [5, 5.41) is 3.53. The molecule has 0 aromatic carbocycles. The number of rotatable bonds is 7. The van der Waals surface area contributed by atoms with Crippen molar-refractivity contribution < 1.29 is 0 Å². The zero-order chi connectivity index (χ0) is 11.1. The fourth-order valence-corrected chi connectivity index (χ4v) is 2.08. The van der Waals surface area contributed by atoms with Gasteiger partial charge in [0, 0.05) is 23.7 Å². The second-order valence-electron chi connectivity index (χ2n) is 4.57. The van der Waals surface area contributed by atoms with Crippen LogP contribution in [0.4, 0.5) is 0 Å². The maximum absolute atomic E-state index is 4.06. The van der Waals surface area contributed by atoms with Crippen molar-refractivity contribution in [2.24, 2.45) is 5.92 Å². The van der Waals surface area contributed by atoms with Gasteiger partial charge in [-0.05, 0) is 19.3 Å². The summed E-state index contributed by atoms with van der Waals surface area (Å²) in [5.41, 5.74) is 1.89. The first kappa shape index (κ1) is 12.7. The predicted molar refractivity (Wildman–Crippen MR) is 67.1 cm³/mol. The van der Waals surface area contributed by atoms with Crippen molar-refractivity contribution in [1.82, 2.24) is 10.3 Å². The van der Waals surface area contributed by atoms with Gasteiger partial charge in [-0.3, -0.25) is 4.98 Å². The van der Waals surface area contributed by atoms with E-state index in [0.29, 0.717) is 6.04 Å². The Bertz CT molecular complexity index is 244. The summed E-state index contributed by atoms with van der Waals surface area (Å²) in [6.45, 7) is 7.81. The molecule has 0 radical (unpaired) electrons. The van der Waals surface area contributed by atoms with Gasteiger partial charge in [0.25, 0.3) is 0 Å². The van der Waals surface area contributed by atoms with Crippen LogP contribution in [0, 0.1) is 5.92 Å². The Morgan fingerprint density at radius 3 is 2.73 bits per heavy atom. The molecular weight excluding hydrogens is 204 g/mol. The molecule has 1 atom stereocenters. The zero-order valence-corrected chi connectivity index (χ0v) is 10.8. The first-order valence-corrected chi connectivity index (χ1v) is 6.67. The van der Waals surface area contributed by atoms with Crippen LogP contribution in [-0.2, 0) is 6.54 Å². The van der Waals surface area contributed by atoms with E-state index in [2.05, 4.69) is 31.1 Å². The molecule has 2 nitrogen and oxygen atoms in total. The molecular formula is C12H22N2S. The molecule has 0 amide bonds. The van der Waals surface area contributed by atoms with E-state index in [1.807, 2.05) is 11.7 Å². The number of hydrogen-bond acceptors (Lipinski definition) is 3. The van der Waals surface area contributed by atoms with Gasteiger partial charge >= 0.3 is 0 Å². The Balaban J connectivity index is 2.06. The standard InChI is InChI=1S/C12H22N2S/c1-10(2)5-4-6-11(3)14-8-12-7-13-9-15-12/h7,9-11,14H,4-6,8H2,1-3H3/t11-/m1/s1. The lowest BCUT2D eigenvalue weighted by molar-refractivity contribution is 0.458. The lowest BCUT2D eigenvalue weighted by Crippen LogP contribution is -2.24. The topological polar surface area (TPSA) is 24.9 Å². The average molecular weight is 226 g/mol. The molecule has 0 saturated heterocycles. The Morgan fingerprint density at radius 1 is 1.33 bits per heavy atom. The summed E-state index contributed by atoms with van der Waals surface area (Å²) in [5.74, 6) is 0.832. The van der Waals surface area contributed by atoms with Crippen molar-refractivity contribution in [2.45, 2.75) is 52.6 Å². The summed E-state index contributed by atoms with van der Waals surface area (Å²) < 4.78 is 0. The molecule has 0 spiro atoms. The van der Waals surface area contributed by atoms with E-state index in [4.69, 9.17) is 0 Å². The Hall–Kier alpha value is -0.410. The minimum atomic E-state index is 0.617. The van der Waals surface area contributed by atoms with E-state index in [0.717, 1.165) is 12.5 Å². The van der Waals surface area contributed by atoms with Gasteiger partial charge in [0.15, 0.2) is 0 Å². The van der Waals surface area contributed by atoms with Crippen LogP contribution < -0.4 is 5.32 Å². The number of nitrogens with zero attached hydrogens (tertiary/aromatic N) is 1. The van der Waals surface area contributed by atoms with Crippen LogP contribution in [0.25, 0.3) is 0 Å². The number of aromatic nitrogens is 1. The van der Waals surface area contributed by atoms with Crippen LogP contribution in [0.2, 0.25) is 0 Å². The fourth-order valence-electron chi connectivity index (χ4n) is 1.54. The minimum absolute atomic E-state index is 0.617.